The van der Waals surface area contributed by atoms with Gasteiger partial charge in [-0.25, -0.2) is 0 Å². The van der Waals surface area contributed by atoms with Crippen molar-refractivity contribution in [2.24, 2.45) is 11.8 Å². The number of aryl methyl sites for hydroxylation is 1. The summed E-state index contributed by atoms with van der Waals surface area (Å²) in [6, 6.07) is 12.8. The lowest BCUT2D eigenvalue weighted by atomic mass is 9.77. The molecule has 236 valence electrons. The Morgan fingerprint density at radius 3 is 2.60 bits per heavy atom. The maximum absolute atomic E-state index is 14.6. The SMILES string of the molecule is Cc1cccc(Cl)c1N1CC=C[C@]23O[C@@H]4/C=C\CCC(=O)OC[C@@H](c5ccccc5)NC(=O)[C@@H]4[C@H]2C(=O)N(CCCO)[C@@H]3C1=O. The summed E-state index contributed by atoms with van der Waals surface area (Å²) >= 11 is 6.61. The van der Waals surface area contributed by atoms with Gasteiger partial charge in [0.1, 0.15) is 18.2 Å². The summed E-state index contributed by atoms with van der Waals surface area (Å²) in [6.07, 6.45) is 6.92. The number of cyclic esters (lactones) is 1. The molecule has 4 aliphatic heterocycles. The zero-order valence-electron chi connectivity index (χ0n) is 24.9. The first-order valence-corrected chi connectivity index (χ1v) is 15.7. The van der Waals surface area contributed by atoms with E-state index in [0.29, 0.717) is 17.1 Å². The fourth-order valence-electron chi connectivity index (χ4n) is 7.08. The maximum Gasteiger partial charge on any atom is 0.306 e. The van der Waals surface area contributed by atoms with Gasteiger partial charge in [0, 0.05) is 26.1 Å². The lowest BCUT2D eigenvalue weighted by Gasteiger charge is -2.36. The Labute approximate surface area is 266 Å². The van der Waals surface area contributed by atoms with Crippen LogP contribution >= 0.6 is 11.6 Å². The number of allylic oxidation sites excluding steroid dienone is 1. The van der Waals surface area contributed by atoms with Crippen molar-refractivity contribution < 1.29 is 33.8 Å². The van der Waals surface area contributed by atoms with Crippen molar-refractivity contribution in [1.82, 2.24) is 10.2 Å². The number of anilines is 1. The lowest BCUT2D eigenvalue weighted by molar-refractivity contribution is -0.146. The second kappa shape index (κ2) is 12.8. The zero-order valence-corrected chi connectivity index (χ0v) is 25.7. The van der Waals surface area contributed by atoms with E-state index in [4.69, 9.17) is 21.1 Å². The first-order chi connectivity index (χ1) is 21.8. The molecule has 0 unspecified atom stereocenters. The molecule has 0 aromatic heterocycles. The number of carbonyl (C=O) groups excluding carboxylic acids is 4. The van der Waals surface area contributed by atoms with E-state index in [1.54, 1.807) is 35.3 Å². The number of hydrogen-bond acceptors (Lipinski definition) is 7. The first-order valence-electron chi connectivity index (χ1n) is 15.3. The van der Waals surface area contributed by atoms with Crippen molar-refractivity contribution in [2.45, 2.75) is 50.0 Å². The summed E-state index contributed by atoms with van der Waals surface area (Å²) in [7, 11) is 0. The summed E-state index contributed by atoms with van der Waals surface area (Å²) in [5.74, 6) is -3.62. The number of fused-ring (bicyclic) bond motifs is 2. The molecular weight excluding hydrogens is 598 g/mol. The molecule has 0 aliphatic carbocycles. The van der Waals surface area contributed by atoms with E-state index in [9.17, 15) is 24.3 Å². The van der Waals surface area contributed by atoms with E-state index >= 15 is 0 Å². The number of benzene rings is 2. The van der Waals surface area contributed by atoms with Gasteiger partial charge in [-0.05, 0) is 37.0 Å². The molecule has 2 aromatic rings. The minimum atomic E-state index is -1.46. The molecule has 2 aromatic carbocycles. The third-order valence-electron chi connectivity index (χ3n) is 9.08. The fraction of sp³-hybridized carbons (Fsp3) is 0.412. The van der Waals surface area contributed by atoms with Gasteiger partial charge in [-0.15, -0.1) is 0 Å². The summed E-state index contributed by atoms with van der Waals surface area (Å²) in [6.45, 7) is 1.90. The van der Waals surface area contributed by atoms with Crippen LogP contribution in [-0.2, 0) is 28.7 Å². The maximum atomic E-state index is 14.6. The summed E-state index contributed by atoms with van der Waals surface area (Å²) < 4.78 is 12.3. The summed E-state index contributed by atoms with van der Waals surface area (Å²) in [4.78, 5) is 58.8. The van der Waals surface area contributed by atoms with Gasteiger partial charge >= 0.3 is 5.97 Å². The Hall–Kier alpha value is -3.99. The van der Waals surface area contributed by atoms with Gasteiger partial charge in [-0.2, -0.15) is 0 Å². The Morgan fingerprint density at radius 1 is 1.04 bits per heavy atom. The van der Waals surface area contributed by atoms with E-state index in [0.717, 1.165) is 11.1 Å². The molecule has 4 aliphatic rings. The second-order valence-corrected chi connectivity index (χ2v) is 12.2. The van der Waals surface area contributed by atoms with Crippen molar-refractivity contribution >= 4 is 41.0 Å². The van der Waals surface area contributed by atoms with Gasteiger partial charge in [0.25, 0.3) is 5.91 Å². The van der Waals surface area contributed by atoms with Gasteiger partial charge < -0.3 is 29.7 Å². The van der Waals surface area contributed by atoms with Crippen LogP contribution in [0.1, 0.15) is 36.4 Å². The fourth-order valence-corrected chi connectivity index (χ4v) is 7.41. The third kappa shape index (κ3) is 5.55. The molecule has 10 nitrogen and oxygen atoms in total. The summed E-state index contributed by atoms with van der Waals surface area (Å²) in [5, 5.41) is 13.1. The number of ether oxygens (including phenoxy) is 2. The molecule has 3 amide bonds. The molecule has 6 rings (SSSR count). The average Bonchev–Trinajstić information content (AvgIpc) is 3.41. The molecule has 4 heterocycles. The highest BCUT2D eigenvalue weighted by Crippen LogP contribution is 2.53. The molecule has 1 spiro atoms. The molecule has 2 N–H and O–H groups in total. The predicted octanol–water partition coefficient (Wildman–Crippen LogP) is 3.27. The number of halogens is 1. The zero-order chi connectivity index (χ0) is 31.7. The molecule has 2 saturated heterocycles. The number of aliphatic hydroxyl groups is 1. The lowest BCUT2D eigenvalue weighted by Crippen LogP contribution is -2.55. The van der Waals surface area contributed by atoms with Gasteiger partial charge in [0.05, 0.1) is 34.7 Å². The van der Waals surface area contributed by atoms with Gasteiger partial charge in [0.2, 0.25) is 11.8 Å². The molecule has 2 fully saturated rings. The second-order valence-electron chi connectivity index (χ2n) is 11.8. The largest absolute Gasteiger partial charge is 0.463 e. The van der Waals surface area contributed by atoms with Crippen molar-refractivity contribution in [3.63, 3.8) is 0 Å². The van der Waals surface area contributed by atoms with E-state index in [-0.39, 0.29) is 45.1 Å². The number of likely N-dealkylation sites (tertiary alicyclic amines) is 1. The van der Waals surface area contributed by atoms with E-state index < -0.39 is 53.4 Å². The number of nitrogens with zero attached hydrogens (tertiary/aromatic N) is 2. The monoisotopic (exact) mass is 633 g/mol. The number of hydrogen-bond donors (Lipinski definition) is 2. The smallest absolute Gasteiger partial charge is 0.306 e. The number of aliphatic hydroxyl groups excluding tert-OH is 1. The molecule has 11 heteroatoms. The number of para-hydroxylation sites is 1. The van der Waals surface area contributed by atoms with Crippen molar-refractivity contribution in [3.8, 4) is 0 Å². The standard InChI is InChI=1S/C34H36ClN3O7/c1-21-10-7-13-23(35)29(21)37-17-8-16-34-28(32(42)38(18-9-19-39)30(34)33(37)43)27-25(45-34)14-5-6-15-26(40)44-20-24(36-31(27)41)22-11-3-2-4-12-22/h2-5,7-8,10-14,16,24-25,27-28,30,39H,6,9,15,17-20H2,1H3,(H,36,41)/b14-5-/t24-,25+,27-,28-,30+,34-/m0/s1. The molecule has 0 bridgehead atoms. The molecule has 0 radical (unpaired) electrons. The Balaban J connectivity index is 1.44. The van der Waals surface area contributed by atoms with Crippen LogP contribution in [0.5, 0.6) is 0 Å². The van der Waals surface area contributed by atoms with Crippen LogP contribution in [0, 0.1) is 18.8 Å². The highest BCUT2D eigenvalue weighted by Gasteiger charge is 2.71. The van der Waals surface area contributed by atoms with Crippen LogP contribution in [0.2, 0.25) is 5.02 Å². The van der Waals surface area contributed by atoms with Crippen LogP contribution in [-0.4, -0.2) is 77.7 Å². The number of esters is 1. The summed E-state index contributed by atoms with van der Waals surface area (Å²) in [5.41, 5.74) is 0.621. The van der Waals surface area contributed by atoms with Crippen molar-refractivity contribution in [3.05, 3.63) is 89.0 Å². The average molecular weight is 634 g/mol. The number of nitrogens with one attached hydrogen (secondary N) is 1. The Kier molecular flexibility index (Phi) is 8.81. The highest BCUT2D eigenvalue weighted by molar-refractivity contribution is 6.34. The first kappa shape index (κ1) is 31.0. The minimum Gasteiger partial charge on any atom is -0.463 e. The molecule has 45 heavy (non-hydrogen) atoms. The van der Waals surface area contributed by atoms with Gasteiger partial charge in [0.15, 0.2) is 0 Å². The highest BCUT2D eigenvalue weighted by atomic mass is 35.5. The normalized spacial score (nSPS) is 30.8. The van der Waals surface area contributed by atoms with Crippen LogP contribution in [0.15, 0.2) is 72.8 Å². The quantitative estimate of drug-likeness (QED) is 0.382. The van der Waals surface area contributed by atoms with Gasteiger partial charge in [-0.3, -0.25) is 19.2 Å². The minimum absolute atomic E-state index is 0.0733. The van der Waals surface area contributed by atoms with Crippen molar-refractivity contribution in [1.29, 1.82) is 0 Å². The van der Waals surface area contributed by atoms with E-state index in [1.807, 2.05) is 49.4 Å². The Bertz CT molecular complexity index is 1530. The van der Waals surface area contributed by atoms with Gasteiger partial charge in [-0.1, -0.05) is 78.4 Å². The Morgan fingerprint density at radius 2 is 1.84 bits per heavy atom. The predicted molar refractivity (Wildman–Crippen MR) is 166 cm³/mol. The molecule has 0 saturated carbocycles. The number of amides is 3. The molecular formula is C34H36ClN3O7. The third-order valence-corrected chi connectivity index (χ3v) is 9.39. The number of carbonyl (C=O) groups is 4. The van der Waals surface area contributed by atoms with E-state index in [1.165, 1.54) is 4.90 Å². The van der Waals surface area contributed by atoms with Crippen molar-refractivity contribution in [2.75, 3.05) is 31.2 Å². The van der Waals surface area contributed by atoms with Crippen LogP contribution < -0.4 is 10.2 Å². The number of rotatable bonds is 5. The van der Waals surface area contributed by atoms with E-state index in [2.05, 4.69) is 5.32 Å². The van der Waals surface area contributed by atoms with Crippen LogP contribution in [0.3, 0.4) is 0 Å². The topological polar surface area (TPSA) is 125 Å². The van der Waals surface area contributed by atoms with Crippen LogP contribution in [0.25, 0.3) is 0 Å². The molecule has 6 atom stereocenters. The van der Waals surface area contributed by atoms with Crippen LogP contribution in [0.4, 0.5) is 5.69 Å².